The summed E-state index contributed by atoms with van der Waals surface area (Å²) >= 11 is 0. The molecule has 0 radical (unpaired) electrons. The second kappa shape index (κ2) is 8.14. The van der Waals surface area contributed by atoms with E-state index in [1.165, 1.54) is 6.07 Å². The van der Waals surface area contributed by atoms with Crippen LogP contribution >= 0.6 is 0 Å². The van der Waals surface area contributed by atoms with Gasteiger partial charge in [-0.05, 0) is 55.5 Å². The number of methoxy groups -OCH3 is 1. The van der Waals surface area contributed by atoms with Crippen molar-refractivity contribution in [3.05, 3.63) is 65.6 Å². The first-order chi connectivity index (χ1) is 14.7. The minimum absolute atomic E-state index is 0.0358. The fourth-order valence-electron chi connectivity index (χ4n) is 4.64. The second-order valence-electron chi connectivity index (χ2n) is 8.11. The van der Waals surface area contributed by atoms with E-state index in [4.69, 9.17) is 9.47 Å². The first-order valence-corrected chi connectivity index (χ1v) is 10.5. The zero-order valence-corrected chi connectivity index (χ0v) is 17.0. The molecule has 5 rings (SSSR count). The lowest BCUT2D eigenvalue weighted by Gasteiger charge is -2.28. The summed E-state index contributed by atoms with van der Waals surface area (Å²) in [5, 5.41) is 9.07. The number of fused-ring (bicyclic) bond motifs is 3. The minimum atomic E-state index is -0.228. The molecule has 1 saturated carbocycles. The number of nitrogens with zero attached hydrogens (tertiary/aromatic N) is 4. The van der Waals surface area contributed by atoms with Gasteiger partial charge >= 0.3 is 0 Å². The van der Waals surface area contributed by atoms with Gasteiger partial charge in [-0.15, -0.1) is 10.2 Å². The lowest BCUT2D eigenvalue weighted by Crippen LogP contribution is -2.25. The van der Waals surface area contributed by atoms with E-state index in [9.17, 15) is 4.39 Å². The zero-order valence-electron chi connectivity index (χ0n) is 17.0. The van der Waals surface area contributed by atoms with Crippen molar-refractivity contribution in [3.63, 3.8) is 0 Å². The first-order valence-electron chi connectivity index (χ1n) is 10.5. The van der Waals surface area contributed by atoms with Gasteiger partial charge in [-0.3, -0.25) is 4.57 Å². The normalized spacial score (nSPS) is 23.3. The van der Waals surface area contributed by atoms with E-state index in [0.29, 0.717) is 24.6 Å². The van der Waals surface area contributed by atoms with E-state index in [-0.39, 0.29) is 18.0 Å². The van der Waals surface area contributed by atoms with Crippen molar-refractivity contribution in [2.24, 2.45) is 0 Å². The highest BCUT2D eigenvalue weighted by atomic mass is 19.1. The van der Waals surface area contributed by atoms with Crippen molar-refractivity contribution in [3.8, 4) is 11.6 Å². The SMILES string of the molecule is COC1Cc2cc(F)ccc2-n2c(nnc2C2CCC(Oc3ccccn3)CC2)C1. The summed E-state index contributed by atoms with van der Waals surface area (Å²) in [5.74, 6) is 2.60. The summed E-state index contributed by atoms with van der Waals surface area (Å²) in [5.41, 5.74) is 1.91. The number of aromatic nitrogens is 4. The Morgan fingerprint density at radius 3 is 2.63 bits per heavy atom. The Balaban J connectivity index is 1.39. The predicted molar refractivity (Wildman–Crippen MR) is 109 cm³/mol. The summed E-state index contributed by atoms with van der Waals surface area (Å²) in [4.78, 5) is 4.27. The summed E-state index contributed by atoms with van der Waals surface area (Å²) < 4.78 is 27.7. The van der Waals surface area contributed by atoms with Gasteiger partial charge in [-0.2, -0.15) is 0 Å². The Morgan fingerprint density at radius 1 is 1.00 bits per heavy atom. The number of rotatable bonds is 4. The number of ether oxygens (including phenoxy) is 2. The third-order valence-electron chi connectivity index (χ3n) is 6.19. The molecule has 0 N–H and O–H groups in total. The van der Waals surface area contributed by atoms with Crippen LogP contribution in [0.15, 0.2) is 42.6 Å². The molecule has 156 valence electrons. The Morgan fingerprint density at radius 2 is 1.87 bits per heavy atom. The van der Waals surface area contributed by atoms with E-state index in [1.54, 1.807) is 19.4 Å². The van der Waals surface area contributed by atoms with E-state index in [1.807, 2.05) is 24.3 Å². The highest BCUT2D eigenvalue weighted by Crippen LogP contribution is 2.36. The highest BCUT2D eigenvalue weighted by molar-refractivity contribution is 5.45. The molecule has 0 amide bonds. The third kappa shape index (κ3) is 3.69. The van der Waals surface area contributed by atoms with Crippen molar-refractivity contribution >= 4 is 0 Å². The van der Waals surface area contributed by atoms with Gasteiger partial charge in [-0.1, -0.05) is 6.07 Å². The molecule has 0 spiro atoms. The van der Waals surface area contributed by atoms with Gasteiger partial charge in [0.2, 0.25) is 5.88 Å². The summed E-state index contributed by atoms with van der Waals surface area (Å²) in [6, 6.07) is 10.7. The fraction of sp³-hybridized carbons (Fsp3) is 0.435. The van der Waals surface area contributed by atoms with Gasteiger partial charge in [0.25, 0.3) is 0 Å². The van der Waals surface area contributed by atoms with Crippen molar-refractivity contribution in [1.82, 2.24) is 19.7 Å². The molecule has 7 heteroatoms. The molecule has 0 bridgehead atoms. The van der Waals surface area contributed by atoms with E-state index in [0.717, 1.165) is 48.6 Å². The number of halogens is 1. The molecular weight excluding hydrogens is 383 g/mol. The molecule has 1 aromatic carbocycles. The van der Waals surface area contributed by atoms with Crippen LogP contribution in [0, 0.1) is 5.82 Å². The van der Waals surface area contributed by atoms with Crippen LogP contribution in [0.1, 0.15) is 48.8 Å². The number of pyridine rings is 1. The van der Waals surface area contributed by atoms with Gasteiger partial charge in [0.15, 0.2) is 0 Å². The Labute approximate surface area is 175 Å². The van der Waals surface area contributed by atoms with Crippen molar-refractivity contribution < 1.29 is 13.9 Å². The van der Waals surface area contributed by atoms with Crippen LogP contribution in [0.2, 0.25) is 0 Å². The average molecular weight is 408 g/mol. The van der Waals surface area contributed by atoms with Crippen molar-refractivity contribution in [2.75, 3.05) is 7.11 Å². The lowest BCUT2D eigenvalue weighted by atomic mass is 9.86. The molecule has 1 unspecified atom stereocenters. The van der Waals surface area contributed by atoms with Crippen LogP contribution < -0.4 is 4.74 Å². The minimum Gasteiger partial charge on any atom is -0.474 e. The van der Waals surface area contributed by atoms with E-state index < -0.39 is 0 Å². The summed E-state index contributed by atoms with van der Waals surface area (Å²) in [7, 11) is 1.69. The maximum atomic E-state index is 13.9. The van der Waals surface area contributed by atoms with Crippen molar-refractivity contribution in [2.45, 2.75) is 56.7 Å². The monoisotopic (exact) mass is 408 g/mol. The topological polar surface area (TPSA) is 62.1 Å². The van der Waals surface area contributed by atoms with Gasteiger partial charge in [0.05, 0.1) is 11.8 Å². The second-order valence-corrected chi connectivity index (χ2v) is 8.11. The van der Waals surface area contributed by atoms with E-state index in [2.05, 4.69) is 19.7 Å². The maximum absolute atomic E-state index is 13.9. The van der Waals surface area contributed by atoms with Crippen LogP contribution in [-0.2, 0) is 17.6 Å². The smallest absolute Gasteiger partial charge is 0.213 e. The summed E-state index contributed by atoms with van der Waals surface area (Å²) in [6.07, 6.45) is 7.04. The Kier molecular flexibility index (Phi) is 5.21. The molecule has 30 heavy (non-hydrogen) atoms. The van der Waals surface area contributed by atoms with Gasteiger partial charge in [0, 0.05) is 38.1 Å². The molecule has 1 fully saturated rings. The highest BCUT2D eigenvalue weighted by Gasteiger charge is 2.31. The van der Waals surface area contributed by atoms with Crippen LogP contribution in [0.25, 0.3) is 5.69 Å². The van der Waals surface area contributed by atoms with Crippen LogP contribution in [0.4, 0.5) is 4.39 Å². The molecular formula is C23H25FN4O2. The van der Waals surface area contributed by atoms with Gasteiger partial charge in [0.1, 0.15) is 23.6 Å². The summed E-state index contributed by atoms with van der Waals surface area (Å²) in [6.45, 7) is 0. The molecule has 0 saturated heterocycles. The van der Waals surface area contributed by atoms with E-state index >= 15 is 0 Å². The predicted octanol–water partition coefficient (Wildman–Crippen LogP) is 4.02. The first kappa shape index (κ1) is 19.2. The van der Waals surface area contributed by atoms with Gasteiger partial charge < -0.3 is 9.47 Å². The molecule has 2 aromatic heterocycles. The molecule has 1 aliphatic heterocycles. The van der Waals surface area contributed by atoms with Gasteiger partial charge in [-0.25, -0.2) is 9.37 Å². The third-order valence-corrected chi connectivity index (χ3v) is 6.19. The quantitative estimate of drug-likeness (QED) is 0.653. The maximum Gasteiger partial charge on any atom is 0.213 e. The largest absolute Gasteiger partial charge is 0.474 e. The number of hydrogen-bond donors (Lipinski definition) is 0. The molecule has 3 aromatic rings. The lowest BCUT2D eigenvalue weighted by molar-refractivity contribution is 0.102. The number of benzene rings is 1. The number of hydrogen-bond acceptors (Lipinski definition) is 5. The standard InChI is InChI=1S/C23H25FN4O2/c1-29-19-13-16-12-17(24)7-10-20(16)28-21(14-19)26-27-23(28)15-5-8-18(9-6-15)30-22-4-2-3-11-25-22/h2-4,7,10-12,15,18-19H,5-6,8-9,13-14H2,1H3. The molecule has 3 heterocycles. The average Bonchev–Trinajstić information content (AvgIpc) is 3.11. The molecule has 1 aliphatic carbocycles. The molecule has 2 aliphatic rings. The Bertz CT molecular complexity index is 1020. The zero-order chi connectivity index (χ0) is 20.5. The van der Waals surface area contributed by atoms with Crippen molar-refractivity contribution in [1.29, 1.82) is 0 Å². The van der Waals surface area contributed by atoms with Crippen LogP contribution in [0.5, 0.6) is 5.88 Å². The Hall–Kier alpha value is -2.80. The molecule has 1 atom stereocenters. The van der Waals surface area contributed by atoms with Crippen LogP contribution in [0.3, 0.4) is 0 Å². The molecule has 6 nitrogen and oxygen atoms in total. The fourth-order valence-corrected chi connectivity index (χ4v) is 4.64. The van der Waals surface area contributed by atoms with Crippen LogP contribution in [-0.4, -0.2) is 39.1 Å².